The molecule has 0 atom stereocenters. The standard InChI is InChI=1S/C21H19NO2S/c1-13(2)17-18-15-10-6-7-11-16(15)22(12-14-8-4-3-5-9-14)20(18)25-19(17)21(23)24/h3-11,13H,12H2,1-2H3,(H,23,24). The number of aromatic nitrogens is 1. The van der Waals surface area contributed by atoms with E-state index in [9.17, 15) is 9.90 Å². The summed E-state index contributed by atoms with van der Waals surface area (Å²) in [5.41, 5.74) is 3.32. The summed E-state index contributed by atoms with van der Waals surface area (Å²) in [4.78, 5) is 13.3. The summed E-state index contributed by atoms with van der Waals surface area (Å²) < 4.78 is 2.25. The van der Waals surface area contributed by atoms with E-state index in [0.29, 0.717) is 4.88 Å². The van der Waals surface area contributed by atoms with Crippen molar-refractivity contribution < 1.29 is 9.90 Å². The molecule has 2 aromatic carbocycles. The third-order valence-electron chi connectivity index (χ3n) is 4.59. The second-order valence-corrected chi connectivity index (χ2v) is 7.57. The molecule has 0 amide bonds. The van der Waals surface area contributed by atoms with Gasteiger partial charge in [-0.3, -0.25) is 0 Å². The number of benzene rings is 2. The van der Waals surface area contributed by atoms with Gasteiger partial charge in [0.05, 0.1) is 5.52 Å². The van der Waals surface area contributed by atoms with E-state index in [4.69, 9.17) is 0 Å². The molecular formula is C21H19NO2S. The van der Waals surface area contributed by atoms with Crippen molar-refractivity contribution in [3.8, 4) is 0 Å². The second kappa shape index (κ2) is 6.05. The molecule has 0 spiro atoms. The Balaban J connectivity index is 2.07. The molecule has 0 aliphatic rings. The van der Waals surface area contributed by atoms with Crippen LogP contribution in [-0.4, -0.2) is 15.6 Å². The quantitative estimate of drug-likeness (QED) is 0.511. The van der Waals surface area contributed by atoms with Crippen LogP contribution in [0.15, 0.2) is 54.6 Å². The molecule has 0 saturated carbocycles. The maximum absolute atomic E-state index is 11.8. The van der Waals surface area contributed by atoms with Crippen molar-refractivity contribution >= 4 is 38.4 Å². The highest BCUT2D eigenvalue weighted by molar-refractivity contribution is 7.21. The van der Waals surface area contributed by atoms with Gasteiger partial charge in [-0.1, -0.05) is 62.4 Å². The van der Waals surface area contributed by atoms with Gasteiger partial charge in [0.1, 0.15) is 9.71 Å². The predicted molar refractivity (Wildman–Crippen MR) is 104 cm³/mol. The molecule has 126 valence electrons. The van der Waals surface area contributed by atoms with Crippen molar-refractivity contribution in [2.45, 2.75) is 26.3 Å². The molecule has 2 heterocycles. The van der Waals surface area contributed by atoms with Gasteiger partial charge in [-0.2, -0.15) is 0 Å². The van der Waals surface area contributed by atoms with Crippen LogP contribution in [0.4, 0.5) is 0 Å². The lowest BCUT2D eigenvalue weighted by Crippen LogP contribution is -1.99. The van der Waals surface area contributed by atoms with E-state index in [0.717, 1.165) is 33.2 Å². The van der Waals surface area contributed by atoms with Crippen LogP contribution in [0.2, 0.25) is 0 Å². The molecule has 3 nitrogen and oxygen atoms in total. The summed E-state index contributed by atoms with van der Waals surface area (Å²) in [6, 6.07) is 18.6. The normalized spacial score (nSPS) is 11.6. The van der Waals surface area contributed by atoms with Crippen molar-refractivity contribution in [1.29, 1.82) is 0 Å². The van der Waals surface area contributed by atoms with Gasteiger partial charge in [0.25, 0.3) is 0 Å². The van der Waals surface area contributed by atoms with Crippen molar-refractivity contribution in [3.63, 3.8) is 0 Å². The molecule has 4 aromatic rings. The fourth-order valence-electron chi connectivity index (χ4n) is 3.54. The zero-order chi connectivity index (χ0) is 17.6. The molecular weight excluding hydrogens is 330 g/mol. The topological polar surface area (TPSA) is 42.2 Å². The van der Waals surface area contributed by atoms with Gasteiger partial charge in [-0.15, -0.1) is 11.3 Å². The number of thiophene rings is 1. The van der Waals surface area contributed by atoms with E-state index in [1.165, 1.54) is 16.9 Å². The Morgan fingerprint density at radius 3 is 2.44 bits per heavy atom. The SMILES string of the molecule is CC(C)c1c(C(=O)O)sc2c1c1ccccc1n2Cc1ccccc1. The van der Waals surface area contributed by atoms with Crippen LogP contribution in [-0.2, 0) is 6.54 Å². The fraction of sp³-hybridized carbons (Fsp3) is 0.190. The highest BCUT2D eigenvalue weighted by atomic mass is 32.1. The molecule has 0 aliphatic carbocycles. The number of hydrogen-bond donors (Lipinski definition) is 1. The summed E-state index contributed by atoms with van der Waals surface area (Å²) in [6.07, 6.45) is 0. The fourth-order valence-corrected chi connectivity index (χ4v) is 4.87. The summed E-state index contributed by atoms with van der Waals surface area (Å²) in [5.74, 6) is -0.670. The first-order valence-corrected chi connectivity index (χ1v) is 9.20. The number of carbonyl (C=O) groups is 1. The Morgan fingerprint density at radius 1 is 1.08 bits per heavy atom. The zero-order valence-electron chi connectivity index (χ0n) is 14.2. The molecule has 1 N–H and O–H groups in total. The van der Waals surface area contributed by atoms with Crippen molar-refractivity contribution in [2.75, 3.05) is 0 Å². The summed E-state index contributed by atoms with van der Waals surface area (Å²) in [7, 11) is 0. The Kier molecular flexibility index (Phi) is 3.85. The van der Waals surface area contributed by atoms with E-state index in [1.54, 1.807) is 0 Å². The number of fused-ring (bicyclic) bond motifs is 3. The van der Waals surface area contributed by atoms with Crippen LogP contribution in [0.5, 0.6) is 0 Å². The van der Waals surface area contributed by atoms with Crippen LogP contribution in [0.25, 0.3) is 21.1 Å². The monoisotopic (exact) mass is 349 g/mol. The lowest BCUT2D eigenvalue weighted by Gasteiger charge is -2.07. The van der Waals surface area contributed by atoms with E-state index >= 15 is 0 Å². The van der Waals surface area contributed by atoms with Crippen LogP contribution >= 0.6 is 11.3 Å². The lowest BCUT2D eigenvalue weighted by atomic mass is 9.99. The first-order chi connectivity index (χ1) is 12.1. The van der Waals surface area contributed by atoms with E-state index in [-0.39, 0.29) is 5.92 Å². The van der Waals surface area contributed by atoms with Crippen LogP contribution < -0.4 is 0 Å². The Bertz CT molecular complexity index is 1070. The molecule has 4 heteroatoms. The Hall–Kier alpha value is -2.59. The molecule has 0 unspecified atom stereocenters. The molecule has 2 aromatic heterocycles. The molecule has 0 fully saturated rings. The van der Waals surface area contributed by atoms with Gasteiger partial charge in [-0.25, -0.2) is 4.79 Å². The molecule has 0 radical (unpaired) electrons. The smallest absolute Gasteiger partial charge is 0.346 e. The minimum absolute atomic E-state index is 0.163. The molecule has 0 bridgehead atoms. The third-order valence-corrected chi connectivity index (χ3v) is 5.81. The Labute approximate surface area is 150 Å². The maximum atomic E-state index is 11.8. The summed E-state index contributed by atoms with van der Waals surface area (Å²) in [5, 5.41) is 11.9. The van der Waals surface area contributed by atoms with Gasteiger partial charge in [0.15, 0.2) is 0 Å². The van der Waals surface area contributed by atoms with Gasteiger partial charge in [-0.05, 0) is 23.1 Å². The molecule has 0 saturated heterocycles. The highest BCUT2D eigenvalue weighted by Gasteiger charge is 2.25. The minimum Gasteiger partial charge on any atom is -0.477 e. The van der Waals surface area contributed by atoms with Crippen LogP contribution in [0.3, 0.4) is 0 Å². The van der Waals surface area contributed by atoms with Crippen LogP contribution in [0, 0.1) is 0 Å². The molecule has 25 heavy (non-hydrogen) atoms. The Morgan fingerprint density at radius 2 is 1.76 bits per heavy atom. The summed E-state index contributed by atoms with van der Waals surface area (Å²) in [6.45, 7) is 4.87. The number of aromatic carboxylic acids is 1. The first kappa shape index (κ1) is 15.9. The molecule has 4 rings (SSSR count). The van der Waals surface area contributed by atoms with E-state index < -0.39 is 5.97 Å². The van der Waals surface area contributed by atoms with E-state index in [1.807, 2.05) is 30.3 Å². The number of rotatable bonds is 4. The van der Waals surface area contributed by atoms with Crippen molar-refractivity contribution in [3.05, 3.63) is 70.6 Å². The average Bonchev–Trinajstić information content (AvgIpc) is 3.13. The maximum Gasteiger partial charge on any atom is 0.346 e. The van der Waals surface area contributed by atoms with Crippen molar-refractivity contribution in [1.82, 2.24) is 4.57 Å². The zero-order valence-corrected chi connectivity index (χ0v) is 15.0. The van der Waals surface area contributed by atoms with Gasteiger partial charge < -0.3 is 9.67 Å². The minimum atomic E-state index is -0.833. The number of carboxylic acid groups (broad SMARTS) is 1. The predicted octanol–water partition coefficient (Wildman–Crippen LogP) is 5.73. The highest BCUT2D eigenvalue weighted by Crippen LogP contribution is 2.42. The third kappa shape index (κ3) is 2.53. The van der Waals surface area contributed by atoms with Gasteiger partial charge in [0.2, 0.25) is 0 Å². The van der Waals surface area contributed by atoms with E-state index in [2.05, 4.69) is 42.7 Å². The molecule has 0 aliphatic heterocycles. The first-order valence-electron chi connectivity index (χ1n) is 8.38. The number of hydrogen-bond acceptors (Lipinski definition) is 2. The largest absolute Gasteiger partial charge is 0.477 e. The van der Waals surface area contributed by atoms with Crippen molar-refractivity contribution in [2.24, 2.45) is 0 Å². The number of para-hydroxylation sites is 1. The van der Waals surface area contributed by atoms with Crippen LogP contribution in [0.1, 0.15) is 40.6 Å². The van der Waals surface area contributed by atoms with Gasteiger partial charge in [0, 0.05) is 17.3 Å². The average molecular weight is 349 g/mol. The second-order valence-electron chi connectivity index (χ2n) is 6.57. The lowest BCUT2D eigenvalue weighted by molar-refractivity contribution is 0.0701. The number of nitrogens with zero attached hydrogens (tertiary/aromatic N) is 1. The summed E-state index contributed by atoms with van der Waals surface area (Å²) >= 11 is 1.40. The number of carboxylic acids is 1. The van der Waals surface area contributed by atoms with Gasteiger partial charge >= 0.3 is 5.97 Å².